The van der Waals surface area contributed by atoms with Gasteiger partial charge in [-0.3, -0.25) is 4.79 Å². The van der Waals surface area contributed by atoms with Gasteiger partial charge in [0, 0.05) is 17.5 Å². The van der Waals surface area contributed by atoms with E-state index >= 15 is 0 Å². The molecule has 1 aliphatic rings. The van der Waals surface area contributed by atoms with Gasteiger partial charge in [-0.25, -0.2) is 0 Å². The Bertz CT molecular complexity index is 423. The molecule has 1 amide bonds. The van der Waals surface area contributed by atoms with Gasteiger partial charge in [0.25, 0.3) is 0 Å². The van der Waals surface area contributed by atoms with Crippen molar-refractivity contribution < 1.29 is 4.79 Å². The number of amides is 1. The van der Waals surface area contributed by atoms with Gasteiger partial charge in [0.05, 0.1) is 5.25 Å². The van der Waals surface area contributed by atoms with E-state index in [9.17, 15) is 4.79 Å². The summed E-state index contributed by atoms with van der Waals surface area (Å²) in [4.78, 5) is 15.6. The van der Waals surface area contributed by atoms with E-state index in [4.69, 9.17) is 5.73 Å². The fourth-order valence-electron chi connectivity index (χ4n) is 2.61. The highest BCUT2D eigenvalue weighted by atomic mass is 32.2. The summed E-state index contributed by atoms with van der Waals surface area (Å²) in [5.74, 6) is 0.699. The zero-order valence-electron chi connectivity index (χ0n) is 11.6. The van der Waals surface area contributed by atoms with E-state index in [1.807, 2.05) is 42.2 Å². The number of rotatable bonds is 4. The summed E-state index contributed by atoms with van der Waals surface area (Å²) in [5, 5.41) is -0.0404. The molecule has 0 saturated carbocycles. The highest BCUT2D eigenvalue weighted by molar-refractivity contribution is 8.00. The average Bonchev–Trinajstić information content (AvgIpc) is 2.80. The predicted molar refractivity (Wildman–Crippen MR) is 80.1 cm³/mol. The van der Waals surface area contributed by atoms with Crippen LogP contribution in [0.2, 0.25) is 0 Å². The Hall–Kier alpha value is -1.00. The van der Waals surface area contributed by atoms with Crippen molar-refractivity contribution in [3.63, 3.8) is 0 Å². The standard InChI is InChI=1S/C15H22N2OS/c1-11-8-13(9-16)10-17(11)15(18)12(2)19-14-6-4-3-5-7-14/h3-7,11-13H,8-10,16H2,1-2H3. The quantitative estimate of drug-likeness (QED) is 0.860. The van der Waals surface area contributed by atoms with Gasteiger partial charge in [-0.2, -0.15) is 0 Å². The van der Waals surface area contributed by atoms with Crippen molar-refractivity contribution in [3.8, 4) is 0 Å². The van der Waals surface area contributed by atoms with Gasteiger partial charge in [0.2, 0.25) is 5.91 Å². The first kappa shape index (κ1) is 14.4. The molecule has 0 aromatic heterocycles. The highest BCUT2D eigenvalue weighted by Gasteiger charge is 2.33. The number of carbonyl (C=O) groups excluding carboxylic acids is 1. The molecular weight excluding hydrogens is 256 g/mol. The lowest BCUT2D eigenvalue weighted by molar-refractivity contribution is -0.130. The number of hydrogen-bond donors (Lipinski definition) is 1. The number of thioether (sulfide) groups is 1. The number of benzene rings is 1. The predicted octanol–water partition coefficient (Wildman–Crippen LogP) is 2.36. The van der Waals surface area contributed by atoms with Crippen LogP contribution in [0.5, 0.6) is 0 Å². The van der Waals surface area contributed by atoms with Crippen LogP contribution in [0.4, 0.5) is 0 Å². The molecule has 1 saturated heterocycles. The van der Waals surface area contributed by atoms with E-state index in [1.165, 1.54) is 0 Å². The van der Waals surface area contributed by atoms with Crippen molar-refractivity contribution in [2.75, 3.05) is 13.1 Å². The molecule has 1 aromatic rings. The van der Waals surface area contributed by atoms with E-state index in [0.717, 1.165) is 17.9 Å². The Morgan fingerprint density at radius 2 is 2.16 bits per heavy atom. The first-order valence-electron chi connectivity index (χ1n) is 6.84. The SMILES string of the molecule is CC(Sc1ccccc1)C(=O)N1CC(CN)CC1C. The Morgan fingerprint density at radius 1 is 1.47 bits per heavy atom. The first-order valence-corrected chi connectivity index (χ1v) is 7.72. The van der Waals surface area contributed by atoms with E-state index in [-0.39, 0.29) is 11.2 Å². The zero-order valence-corrected chi connectivity index (χ0v) is 12.4. The van der Waals surface area contributed by atoms with Crippen molar-refractivity contribution in [1.29, 1.82) is 0 Å². The molecule has 0 bridgehead atoms. The van der Waals surface area contributed by atoms with Crippen LogP contribution in [0, 0.1) is 5.92 Å². The minimum atomic E-state index is -0.0404. The third-order valence-electron chi connectivity index (χ3n) is 3.68. The van der Waals surface area contributed by atoms with Crippen LogP contribution in [0.15, 0.2) is 35.2 Å². The molecule has 3 unspecified atom stereocenters. The Labute approximate surface area is 119 Å². The number of hydrogen-bond acceptors (Lipinski definition) is 3. The second kappa shape index (κ2) is 6.44. The number of likely N-dealkylation sites (tertiary alicyclic amines) is 1. The molecule has 4 heteroatoms. The number of nitrogens with zero attached hydrogens (tertiary/aromatic N) is 1. The summed E-state index contributed by atoms with van der Waals surface area (Å²) < 4.78 is 0. The van der Waals surface area contributed by atoms with Crippen LogP contribution in [0.25, 0.3) is 0 Å². The van der Waals surface area contributed by atoms with Gasteiger partial charge in [-0.15, -0.1) is 11.8 Å². The molecule has 3 atom stereocenters. The van der Waals surface area contributed by atoms with Gasteiger partial charge in [-0.1, -0.05) is 18.2 Å². The minimum Gasteiger partial charge on any atom is -0.339 e. The summed E-state index contributed by atoms with van der Waals surface area (Å²) in [6.45, 7) is 5.60. The monoisotopic (exact) mass is 278 g/mol. The van der Waals surface area contributed by atoms with Crippen LogP contribution >= 0.6 is 11.8 Å². The van der Waals surface area contributed by atoms with Crippen LogP contribution in [-0.4, -0.2) is 35.2 Å². The smallest absolute Gasteiger partial charge is 0.236 e. The van der Waals surface area contributed by atoms with Gasteiger partial charge in [0.15, 0.2) is 0 Å². The van der Waals surface area contributed by atoms with Crippen LogP contribution in [0.1, 0.15) is 20.3 Å². The van der Waals surface area contributed by atoms with Crippen LogP contribution in [0.3, 0.4) is 0 Å². The molecule has 1 aliphatic heterocycles. The van der Waals surface area contributed by atoms with E-state index in [1.54, 1.807) is 11.8 Å². The van der Waals surface area contributed by atoms with Gasteiger partial charge in [-0.05, 0) is 44.9 Å². The maximum Gasteiger partial charge on any atom is 0.236 e. The second-order valence-corrected chi connectivity index (χ2v) is 6.66. The minimum absolute atomic E-state index is 0.0404. The molecule has 2 N–H and O–H groups in total. The van der Waals surface area contributed by atoms with Crippen LogP contribution < -0.4 is 5.73 Å². The molecule has 2 rings (SSSR count). The first-order chi connectivity index (χ1) is 9.11. The topological polar surface area (TPSA) is 46.3 Å². The largest absolute Gasteiger partial charge is 0.339 e. The molecule has 0 aliphatic carbocycles. The molecule has 1 fully saturated rings. The Kier molecular flexibility index (Phi) is 4.88. The Balaban J connectivity index is 1.96. The lowest BCUT2D eigenvalue weighted by Crippen LogP contribution is -2.39. The third kappa shape index (κ3) is 3.51. The molecular formula is C15H22N2OS. The van der Waals surface area contributed by atoms with Gasteiger partial charge in [0.1, 0.15) is 0 Å². The van der Waals surface area contributed by atoms with Crippen molar-refractivity contribution in [1.82, 2.24) is 4.90 Å². The molecule has 3 nitrogen and oxygen atoms in total. The molecule has 104 valence electrons. The summed E-state index contributed by atoms with van der Waals surface area (Å²) >= 11 is 1.63. The summed E-state index contributed by atoms with van der Waals surface area (Å²) in [6, 6.07) is 10.4. The second-order valence-electron chi connectivity index (χ2n) is 5.25. The molecule has 19 heavy (non-hydrogen) atoms. The average molecular weight is 278 g/mol. The van der Waals surface area contributed by atoms with E-state index < -0.39 is 0 Å². The zero-order chi connectivity index (χ0) is 13.8. The Morgan fingerprint density at radius 3 is 2.74 bits per heavy atom. The van der Waals surface area contributed by atoms with Crippen molar-refractivity contribution in [2.45, 2.75) is 36.5 Å². The van der Waals surface area contributed by atoms with E-state index in [0.29, 0.717) is 18.5 Å². The fraction of sp³-hybridized carbons (Fsp3) is 0.533. The maximum absolute atomic E-state index is 12.5. The van der Waals surface area contributed by atoms with E-state index in [2.05, 4.69) is 6.92 Å². The molecule has 1 heterocycles. The van der Waals surface area contributed by atoms with Gasteiger partial charge >= 0.3 is 0 Å². The lowest BCUT2D eigenvalue weighted by atomic mass is 10.1. The highest BCUT2D eigenvalue weighted by Crippen LogP contribution is 2.28. The number of nitrogens with two attached hydrogens (primary N) is 1. The molecule has 0 spiro atoms. The van der Waals surface area contributed by atoms with Crippen molar-refractivity contribution in [3.05, 3.63) is 30.3 Å². The fourth-order valence-corrected chi connectivity index (χ4v) is 3.57. The summed E-state index contributed by atoms with van der Waals surface area (Å²) in [6.07, 6.45) is 1.03. The van der Waals surface area contributed by atoms with Crippen LogP contribution in [-0.2, 0) is 4.79 Å². The van der Waals surface area contributed by atoms with Gasteiger partial charge < -0.3 is 10.6 Å². The molecule has 1 aromatic carbocycles. The maximum atomic E-state index is 12.5. The number of carbonyl (C=O) groups is 1. The van der Waals surface area contributed by atoms with Crippen molar-refractivity contribution >= 4 is 17.7 Å². The summed E-state index contributed by atoms with van der Waals surface area (Å²) in [5.41, 5.74) is 5.71. The van der Waals surface area contributed by atoms with Crippen molar-refractivity contribution in [2.24, 2.45) is 11.7 Å². The summed E-state index contributed by atoms with van der Waals surface area (Å²) in [7, 11) is 0. The molecule has 0 radical (unpaired) electrons. The third-order valence-corrected chi connectivity index (χ3v) is 4.78. The lowest BCUT2D eigenvalue weighted by Gasteiger charge is -2.25. The normalized spacial score (nSPS) is 24.5.